The maximum Gasteiger partial charge on any atom is 0.267 e. The van der Waals surface area contributed by atoms with Crippen molar-refractivity contribution in [3.63, 3.8) is 0 Å². The molecule has 144 valence electrons. The topological polar surface area (TPSA) is 64.9 Å². The number of hydrogen-bond acceptors (Lipinski definition) is 3. The quantitative estimate of drug-likeness (QED) is 0.431. The predicted molar refractivity (Wildman–Crippen MR) is 116 cm³/mol. The molecule has 3 aromatic rings. The first-order chi connectivity index (χ1) is 14.1. The highest BCUT2D eigenvalue weighted by molar-refractivity contribution is 6.31. The van der Waals surface area contributed by atoms with Gasteiger partial charge in [-0.05, 0) is 35.7 Å². The molecule has 0 saturated carbocycles. The summed E-state index contributed by atoms with van der Waals surface area (Å²) in [6, 6.07) is 26.7. The molecule has 5 heteroatoms. The molecule has 0 bridgehead atoms. The third-order valence-electron chi connectivity index (χ3n) is 4.54. The van der Waals surface area contributed by atoms with Crippen molar-refractivity contribution in [3.05, 3.63) is 112 Å². The van der Waals surface area contributed by atoms with E-state index < -0.39 is 5.91 Å². The Hall–Kier alpha value is -3.55. The Balaban J connectivity index is 1.84. The molecule has 0 atom stereocenters. The van der Waals surface area contributed by atoms with Crippen molar-refractivity contribution in [1.29, 1.82) is 5.26 Å². The predicted octanol–water partition coefficient (Wildman–Crippen LogP) is 5.37. The van der Waals surface area contributed by atoms with E-state index in [9.17, 15) is 10.1 Å². The molecule has 0 radical (unpaired) electrons. The van der Waals surface area contributed by atoms with Gasteiger partial charge in [0.15, 0.2) is 0 Å². The van der Waals surface area contributed by atoms with Crippen LogP contribution in [0.1, 0.15) is 22.7 Å². The first-order valence-electron chi connectivity index (χ1n) is 9.13. The smallest absolute Gasteiger partial charge is 0.267 e. The van der Waals surface area contributed by atoms with E-state index in [0.29, 0.717) is 10.7 Å². The summed E-state index contributed by atoms with van der Waals surface area (Å²) in [7, 11) is 0. The zero-order chi connectivity index (χ0) is 20.6. The number of nitrogens with one attached hydrogen (secondary N) is 2. The van der Waals surface area contributed by atoms with Crippen LogP contribution in [0.5, 0.6) is 0 Å². The molecule has 0 aliphatic carbocycles. The Bertz CT molecular complexity index is 1020. The second-order valence-electron chi connectivity index (χ2n) is 6.46. The number of rotatable bonds is 6. The summed E-state index contributed by atoms with van der Waals surface area (Å²) in [4.78, 5) is 12.6. The van der Waals surface area contributed by atoms with E-state index in [4.69, 9.17) is 11.6 Å². The SMILES string of the molecule is Cc1c(Cl)cccc1NC(=O)/C(C#N)=C\NC(c1ccccc1)c1ccccc1. The van der Waals surface area contributed by atoms with Crippen LogP contribution < -0.4 is 10.6 Å². The van der Waals surface area contributed by atoms with E-state index in [1.807, 2.05) is 73.7 Å². The van der Waals surface area contributed by atoms with Crippen LogP contribution in [-0.4, -0.2) is 5.91 Å². The van der Waals surface area contributed by atoms with Gasteiger partial charge in [-0.15, -0.1) is 0 Å². The van der Waals surface area contributed by atoms with Gasteiger partial charge in [-0.25, -0.2) is 0 Å². The van der Waals surface area contributed by atoms with Crippen molar-refractivity contribution in [2.24, 2.45) is 0 Å². The first kappa shape index (κ1) is 20.2. The van der Waals surface area contributed by atoms with E-state index in [1.54, 1.807) is 18.2 Å². The number of carbonyl (C=O) groups is 1. The Kier molecular flexibility index (Phi) is 6.67. The van der Waals surface area contributed by atoms with Gasteiger partial charge in [0.05, 0.1) is 6.04 Å². The van der Waals surface area contributed by atoms with Crippen LogP contribution >= 0.6 is 11.6 Å². The van der Waals surface area contributed by atoms with Crippen molar-refractivity contribution < 1.29 is 4.79 Å². The number of anilines is 1. The van der Waals surface area contributed by atoms with Crippen LogP contribution in [0, 0.1) is 18.3 Å². The number of halogens is 1. The van der Waals surface area contributed by atoms with Crippen molar-refractivity contribution in [2.45, 2.75) is 13.0 Å². The summed E-state index contributed by atoms with van der Waals surface area (Å²) in [6.45, 7) is 1.81. The minimum Gasteiger partial charge on any atom is -0.379 e. The lowest BCUT2D eigenvalue weighted by Crippen LogP contribution is -2.21. The number of carbonyl (C=O) groups excluding carboxylic acids is 1. The first-order valence-corrected chi connectivity index (χ1v) is 9.50. The Morgan fingerprint density at radius 1 is 0.966 bits per heavy atom. The fourth-order valence-corrected chi connectivity index (χ4v) is 3.10. The molecular weight excluding hydrogens is 382 g/mol. The molecule has 0 spiro atoms. The van der Waals surface area contributed by atoms with Gasteiger partial charge in [-0.2, -0.15) is 5.26 Å². The van der Waals surface area contributed by atoms with Crippen LogP contribution in [0.3, 0.4) is 0 Å². The monoisotopic (exact) mass is 401 g/mol. The fraction of sp³-hybridized carbons (Fsp3) is 0.0833. The van der Waals surface area contributed by atoms with Gasteiger partial charge in [-0.3, -0.25) is 4.79 Å². The van der Waals surface area contributed by atoms with Crippen LogP contribution in [0.25, 0.3) is 0 Å². The molecule has 0 aliphatic rings. The van der Waals surface area contributed by atoms with Crippen molar-refractivity contribution in [1.82, 2.24) is 5.32 Å². The van der Waals surface area contributed by atoms with Gasteiger partial charge in [0.2, 0.25) is 0 Å². The second kappa shape index (κ2) is 9.59. The number of hydrogen-bond donors (Lipinski definition) is 2. The highest BCUT2D eigenvalue weighted by atomic mass is 35.5. The molecule has 0 aromatic heterocycles. The molecule has 0 unspecified atom stereocenters. The average molecular weight is 402 g/mol. The minimum atomic E-state index is -0.495. The lowest BCUT2D eigenvalue weighted by molar-refractivity contribution is -0.112. The standard InChI is InChI=1S/C24H20ClN3O/c1-17-21(25)13-8-14-22(17)28-24(29)20(15-26)16-27-23(18-9-4-2-5-10-18)19-11-6-3-7-12-19/h2-14,16,23,27H,1H3,(H,28,29)/b20-16-. The highest BCUT2D eigenvalue weighted by Crippen LogP contribution is 2.24. The Labute approximate surface area is 175 Å². The molecule has 4 nitrogen and oxygen atoms in total. The zero-order valence-corrected chi connectivity index (χ0v) is 16.6. The molecule has 3 aromatic carbocycles. The number of nitriles is 1. The molecule has 0 saturated heterocycles. The summed E-state index contributed by atoms with van der Waals surface area (Å²) in [6.07, 6.45) is 1.46. The van der Waals surface area contributed by atoms with E-state index in [-0.39, 0.29) is 11.6 Å². The summed E-state index contributed by atoms with van der Waals surface area (Å²) in [5, 5.41) is 16.0. The molecule has 2 N–H and O–H groups in total. The molecule has 0 heterocycles. The molecule has 0 fully saturated rings. The average Bonchev–Trinajstić information content (AvgIpc) is 2.76. The van der Waals surface area contributed by atoms with Gasteiger partial charge in [-0.1, -0.05) is 78.3 Å². The summed E-state index contributed by atoms with van der Waals surface area (Å²) in [5.74, 6) is -0.495. The van der Waals surface area contributed by atoms with E-state index in [1.165, 1.54) is 6.20 Å². The van der Waals surface area contributed by atoms with Gasteiger partial charge in [0, 0.05) is 16.9 Å². The molecule has 0 aliphatic heterocycles. The van der Waals surface area contributed by atoms with E-state index in [0.717, 1.165) is 16.7 Å². The Morgan fingerprint density at radius 2 is 1.55 bits per heavy atom. The Morgan fingerprint density at radius 3 is 2.10 bits per heavy atom. The lowest BCUT2D eigenvalue weighted by atomic mass is 9.99. The number of benzene rings is 3. The summed E-state index contributed by atoms with van der Waals surface area (Å²) < 4.78 is 0. The number of amides is 1. The maximum absolute atomic E-state index is 12.6. The minimum absolute atomic E-state index is 0.0266. The molecule has 3 rings (SSSR count). The summed E-state index contributed by atoms with van der Waals surface area (Å²) in [5.41, 5.74) is 3.35. The third-order valence-corrected chi connectivity index (χ3v) is 4.95. The van der Waals surface area contributed by atoms with Crippen LogP contribution in [-0.2, 0) is 4.79 Å². The lowest BCUT2D eigenvalue weighted by Gasteiger charge is -2.19. The van der Waals surface area contributed by atoms with Crippen LogP contribution in [0.15, 0.2) is 90.6 Å². The van der Waals surface area contributed by atoms with Crippen LogP contribution in [0.4, 0.5) is 5.69 Å². The normalized spacial score (nSPS) is 11.0. The van der Waals surface area contributed by atoms with Gasteiger partial charge < -0.3 is 10.6 Å². The van der Waals surface area contributed by atoms with Crippen molar-refractivity contribution in [3.8, 4) is 6.07 Å². The maximum atomic E-state index is 12.6. The van der Waals surface area contributed by atoms with Gasteiger partial charge in [0.25, 0.3) is 5.91 Å². The highest BCUT2D eigenvalue weighted by Gasteiger charge is 2.15. The third kappa shape index (κ3) is 5.04. The van der Waals surface area contributed by atoms with Crippen LogP contribution in [0.2, 0.25) is 5.02 Å². The molecule has 29 heavy (non-hydrogen) atoms. The molecular formula is C24H20ClN3O. The molecule has 1 amide bonds. The van der Waals surface area contributed by atoms with E-state index >= 15 is 0 Å². The van der Waals surface area contributed by atoms with Crippen molar-refractivity contribution >= 4 is 23.2 Å². The van der Waals surface area contributed by atoms with Gasteiger partial charge in [0.1, 0.15) is 11.6 Å². The van der Waals surface area contributed by atoms with E-state index in [2.05, 4.69) is 10.6 Å². The van der Waals surface area contributed by atoms with Crippen molar-refractivity contribution in [2.75, 3.05) is 5.32 Å². The zero-order valence-electron chi connectivity index (χ0n) is 15.9. The summed E-state index contributed by atoms with van der Waals surface area (Å²) >= 11 is 6.11. The number of nitrogens with zero attached hydrogens (tertiary/aromatic N) is 1. The van der Waals surface area contributed by atoms with Gasteiger partial charge >= 0.3 is 0 Å². The largest absolute Gasteiger partial charge is 0.379 e. The second-order valence-corrected chi connectivity index (χ2v) is 6.86. The fourth-order valence-electron chi connectivity index (χ4n) is 2.92.